The highest BCUT2D eigenvalue weighted by atomic mass is 16.5. The van der Waals surface area contributed by atoms with Gasteiger partial charge in [0.2, 0.25) is 0 Å². The van der Waals surface area contributed by atoms with Crippen molar-refractivity contribution in [2.24, 2.45) is 0 Å². The smallest absolute Gasteiger partial charge is 0.120 e. The number of hydrogen-bond acceptors (Lipinski definition) is 3. The number of rotatable bonds is 5. The molecule has 0 saturated carbocycles. The van der Waals surface area contributed by atoms with E-state index < -0.39 is 0 Å². The summed E-state index contributed by atoms with van der Waals surface area (Å²) in [6, 6.07) is 9.96. The third kappa shape index (κ3) is 2.91. The average molecular weight is 253 g/mol. The maximum atomic E-state index is 5.75. The zero-order valence-corrected chi connectivity index (χ0v) is 10.6. The van der Waals surface area contributed by atoms with Crippen LogP contribution in [0.5, 0.6) is 5.75 Å². The second-order valence-corrected chi connectivity index (χ2v) is 4.36. The normalized spacial score (nSPS) is 10.7. The highest BCUT2D eigenvalue weighted by Crippen LogP contribution is 2.18. The quantitative estimate of drug-likeness (QED) is 0.656. The van der Waals surface area contributed by atoms with Crippen molar-refractivity contribution < 1.29 is 4.74 Å². The minimum Gasteiger partial charge on any atom is -0.494 e. The number of aromatic nitrogens is 3. The summed E-state index contributed by atoms with van der Waals surface area (Å²) in [4.78, 5) is 8.30. The molecule has 0 fully saturated rings. The van der Waals surface area contributed by atoms with E-state index in [0.29, 0.717) is 6.61 Å². The first-order valence-corrected chi connectivity index (χ1v) is 6.35. The lowest BCUT2D eigenvalue weighted by Crippen LogP contribution is -2.03. The van der Waals surface area contributed by atoms with Crippen LogP contribution < -0.4 is 4.74 Å². The van der Waals surface area contributed by atoms with Crippen molar-refractivity contribution in [3.8, 4) is 5.75 Å². The second-order valence-electron chi connectivity index (χ2n) is 4.36. The van der Waals surface area contributed by atoms with Gasteiger partial charge in [-0.15, -0.1) is 0 Å². The van der Waals surface area contributed by atoms with E-state index in [1.54, 1.807) is 12.4 Å². The molecule has 0 radical (unpaired) electrons. The molecular weight excluding hydrogens is 238 g/mol. The highest BCUT2D eigenvalue weighted by molar-refractivity contribution is 5.79. The molecule has 1 aromatic carbocycles. The number of imidazole rings is 1. The van der Waals surface area contributed by atoms with Gasteiger partial charge in [0.05, 0.1) is 18.5 Å². The number of ether oxygens (including phenoxy) is 1. The Labute approximate surface area is 111 Å². The molecular formula is C15H15N3O. The van der Waals surface area contributed by atoms with Gasteiger partial charge in [0.15, 0.2) is 0 Å². The van der Waals surface area contributed by atoms with Crippen LogP contribution in [0.4, 0.5) is 0 Å². The van der Waals surface area contributed by atoms with Crippen LogP contribution in [0.2, 0.25) is 0 Å². The number of aryl methyl sites for hydroxylation is 1. The van der Waals surface area contributed by atoms with Gasteiger partial charge in [-0.1, -0.05) is 6.07 Å². The van der Waals surface area contributed by atoms with E-state index in [4.69, 9.17) is 4.74 Å². The fourth-order valence-electron chi connectivity index (χ4n) is 2.00. The Bertz CT molecular complexity index is 649. The van der Waals surface area contributed by atoms with Gasteiger partial charge in [0.25, 0.3) is 0 Å². The summed E-state index contributed by atoms with van der Waals surface area (Å²) < 4.78 is 7.80. The van der Waals surface area contributed by atoms with E-state index >= 15 is 0 Å². The third-order valence-corrected chi connectivity index (χ3v) is 2.96. The maximum Gasteiger partial charge on any atom is 0.120 e. The zero-order valence-electron chi connectivity index (χ0n) is 10.6. The van der Waals surface area contributed by atoms with Crippen molar-refractivity contribution in [2.75, 3.05) is 6.61 Å². The first-order valence-electron chi connectivity index (χ1n) is 6.35. The predicted octanol–water partition coefficient (Wildman–Crippen LogP) is 2.90. The van der Waals surface area contributed by atoms with Crippen LogP contribution in [0.25, 0.3) is 10.9 Å². The molecule has 3 aromatic rings. The van der Waals surface area contributed by atoms with Crippen LogP contribution >= 0.6 is 0 Å². The zero-order chi connectivity index (χ0) is 12.9. The fraction of sp³-hybridized carbons (Fsp3) is 0.200. The van der Waals surface area contributed by atoms with Crippen LogP contribution in [0, 0.1) is 0 Å². The molecule has 0 unspecified atom stereocenters. The molecule has 2 heterocycles. The van der Waals surface area contributed by atoms with Gasteiger partial charge in [-0.25, -0.2) is 4.98 Å². The molecule has 0 aliphatic carbocycles. The van der Waals surface area contributed by atoms with Crippen molar-refractivity contribution in [1.29, 1.82) is 0 Å². The highest BCUT2D eigenvalue weighted by Gasteiger charge is 1.98. The van der Waals surface area contributed by atoms with Gasteiger partial charge in [-0.2, -0.15) is 0 Å². The lowest BCUT2D eigenvalue weighted by molar-refractivity contribution is 0.302. The molecule has 0 amide bonds. The molecule has 4 nitrogen and oxygen atoms in total. The molecule has 4 heteroatoms. The third-order valence-electron chi connectivity index (χ3n) is 2.96. The lowest BCUT2D eigenvalue weighted by Gasteiger charge is -2.07. The van der Waals surface area contributed by atoms with Gasteiger partial charge in [0, 0.05) is 30.5 Å². The first kappa shape index (κ1) is 11.7. The summed E-state index contributed by atoms with van der Waals surface area (Å²) in [6.07, 6.45) is 8.33. The van der Waals surface area contributed by atoms with E-state index in [9.17, 15) is 0 Å². The van der Waals surface area contributed by atoms with Gasteiger partial charge in [-0.05, 0) is 30.7 Å². The van der Waals surface area contributed by atoms with Crippen molar-refractivity contribution in [3.05, 3.63) is 55.2 Å². The summed E-state index contributed by atoms with van der Waals surface area (Å²) in [5.41, 5.74) is 0.994. The van der Waals surface area contributed by atoms with Crippen LogP contribution in [-0.4, -0.2) is 21.1 Å². The Morgan fingerprint density at radius 1 is 1.16 bits per heavy atom. The molecule has 0 N–H and O–H groups in total. The summed E-state index contributed by atoms with van der Waals surface area (Å²) in [6.45, 7) is 1.62. The van der Waals surface area contributed by atoms with Crippen molar-refractivity contribution in [1.82, 2.24) is 14.5 Å². The molecule has 19 heavy (non-hydrogen) atoms. The molecule has 0 aliphatic heterocycles. The summed E-state index contributed by atoms with van der Waals surface area (Å²) >= 11 is 0. The van der Waals surface area contributed by atoms with Crippen LogP contribution in [-0.2, 0) is 6.54 Å². The Hall–Kier alpha value is -2.36. The minimum absolute atomic E-state index is 0.698. The minimum atomic E-state index is 0.698. The molecule has 0 atom stereocenters. The fourth-order valence-corrected chi connectivity index (χ4v) is 2.00. The molecule has 0 aliphatic rings. The summed E-state index contributed by atoms with van der Waals surface area (Å²) in [5.74, 6) is 0.895. The van der Waals surface area contributed by atoms with Crippen molar-refractivity contribution in [3.63, 3.8) is 0 Å². The molecule has 2 aromatic heterocycles. The second kappa shape index (κ2) is 5.52. The van der Waals surface area contributed by atoms with E-state index in [1.807, 2.05) is 47.4 Å². The van der Waals surface area contributed by atoms with E-state index in [2.05, 4.69) is 9.97 Å². The van der Waals surface area contributed by atoms with Gasteiger partial charge >= 0.3 is 0 Å². The Kier molecular flexibility index (Phi) is 3.40. The number of pyridine rings is 1. The standard InChI is InChI=1S/C15H15N3O/c1-3-13-11-14(4-5-15(13)17-6-1)19-10-2-8-18-9-7-16-12-18/h1,3-7,9,11-12H,2,8,10H2. The van der Waals surface area contributed by atoms with Crippen LogP contribution in [0.3, 0.4) is 0 Å². The predicted molar refractivity (Wildman–Crippen MR) is 74.1 cm³/mol. The monoisotopic (exact) mass is 253 g/mol. The molecule has 0 saturated heterocycles. The topological polar surface area (TPSA) is 39.9 Å². The molecule has 96 valence electrons. The SMILES string of the molecule is c1cnc2ccc(OCCCn3ccnc3)cc2c1. The number of fused-ring (bicyclic) bond motifs is 1. The summed E-state index contributed by atoms with van der Waals surface area (Å²) in [5, 5.41) is 1.11. The Balaban J connectivity index is 1.56. The average Bonchev–Trinajstić information content (AvgIpc) is 2.97. The van der Waals surface area contributed by atoms with Crippen molar-refractivity contribution in [2.45, 2.75) is 13.0 Å². The molecule has 0 spiro atoms. The Morgan fingerprint density at radius 3 is 3.05 bits per heavy atom. The number of benzene rings is 1. The largest absolute Gasteiger partial charge is 0.494 e. The maximum absolute atomic E-state index is 5.75. The van der Waals surface area contributed by atoms with E-state index in [-0.39, 0.29) is 0 Å². The van der Waals surface area contributed by atoms with Gasteiger partial charge in [-0.3, -0.25) is 4.98 Å². The van der Waals surface area contributed by atoms with Gasteiger partial charge in [0.1, 0.15) is 5.75 Å². The Morgan fingerprint density at radius 2 is 2.16 bits per heavy atom. The number of nitrogens with zero attached hydrogens (tertiary/aromatic N) is 3. The van der Waals surface area contributed by atoms with Gasteiger partial charge < -0.3 is 9.30 Å². The van der Waals surface area contributed by atoms with E-state index in [1.165, 1.54) is 0 Å². The van der Waals surface area contributed by atoms with Crippen LogP contribution in [0.15, 0.2) is 55.2 Å². The molecule has 0 bridgehead atoms. The molecule has 3 rings (SSSR count). The van der Waals surface area contributed by atoms with E-state index in [0.717, 1.165) is 29.6 Å². The van der Waals surface area contributed by atoms with Crippen LogP contribution in [0.1, 0.15) is 6.42 Å². The number of hydrogen-bond donors (Lipinski definition) is 0. The van der Waals surface area contributed by atoms with Crippen molar-refractivity contribution >= 4 is 10.9 Å². The lowest BCUT2D eigenvalue weighted by atomic mass is 10.2. The summed E-state index contributed by atoms with van der Waals surface area (Å²) in [7, 11) is 0. The first-order chi connectivity index (χ1) is 9.42.